The van der Waals surface area contributed by atoms with E-state index in [1.807, 2.05) is 30.9 Å². The van der Waals surface area contributed by atoms with E-state index in [1.165, 1.54) is 0 Å². The van der Waals surface area contributed by atoms with Gasteiger partial charge in [-0.15, -0.1) is 0 Å². The first-order valence-electron chi connectivity index (χ1n) is 7.36. The Hall–Kier alpha value is -1.95. The van der Waals surface area contributed by atoms with Crippen molar-refractivity contribution in [3.8, 4) is 0 Å². The van der Waals surface area contributed by atoms with Gasteiger partial charge in [0.2, 0.25) is 0 Å². The average molecular weight is 303 g/mol. The van der Waals surface area contributed by atoms with Gasteiger partial charge in [0.05, 0.1) is 18.8 Å². The maximum absolute atomic E-state index is 5.23. The van der Waals surface area contributed by atoms with E-state index in [0.717, 1.165) is 23.2 Å². The van der Waals surface area contributed by atoms with E-state index in [4.69, 9.17) is 9.72 Å². The molecule has 0 unspecified atom stereocenters. The molecule has 0 saturated carbocycles. The van der Waals surface area contributed by atoms with E-state index >= 15 is 0 Å². The minimum Gasteiger partial charge on any atom is -0.378 e. The number of aryl methyl sites for hydroxylation is 1. The van der Waals surface area contributed by atoms with Crippen LogP contribution in [0.25, 0.3) is 0 Å². The highest BCUT2D eigenvalue weighted by Crippen LogP contribution is 2.22. The van der Waals surface area contributed by atoms with Gasteiger partial charge < -0.3 is 14.2 Å². The number of aromatic nitrogens is 4. The number of nitrogens with zero attached hydrogens (tertiary/aromatic N) is 5. The molecule has 0 saturated heterocycles. The van der Waals surface area contributed by atoms with E-state index in [-0.39, 0.29) is 5.41 Å². The summed E-state index contributed by atoms with van der Waals surface area (Å²) in [5.74, 6) is 2.70. The average Bonchev–Trinajstić information content (AvgIpc) is 2.83. The first kappa shape index (κ1) is 16.4. The maximum atomic E-state index is 5.23. The zero-order chi connectivity index (χ0) is 16.3. The van der Waals surface area contributed by atoms with Crippen LogP contribution in [0.1, 0.15) is 38.1 Å². The molecule has 2 heterocycles. The van der Waals surface area contributed by atoms with Crippen LogP contribution in [0.5, 0.6) is 0 Å². The van der Waals surface area contributed by atoms with Crippen LogP contribution in [0.2, 0.25) is 0 Å². The van der Waals surface area contributed by atoms with Crippen LogP contribution in [0, 0.1) is 0 Å². The van der Waals surface area contributed by atoms with Crippen molar-refractivity contribution in [2.75, 3.05) is 19.1 Å². The monoisotopic (exact) mass is 303 g/mol. The van der Waals surface area contributed by atoms with E-state index in [1.54, 1.807) is 13.3 Å². The Labute approximate surface area is 132 Å². The highest BCUT2D eigenvalue weighted by molar-refractivity contribution is 5.39. The zero-order valence-electron chi connectivity index (χ0n) is 14.3. The second-order valence-electron chi connectivity index (χ2n) is 6.53. The SMILES string of the molecule is COCc1cc(N(C)Cc2nccn2C)nc(C(C)(C)C)n1. The third-order valence-electron chi connectivity index (χ3n) is 3.42. The second kappa shape index (κ2) is 6.44. The quantitative estimate of drug-likeness (QED) is 0.848. The number of ether oxygens (including phenoxy) is 1. The van der Waals surface area contributed by atoms with Crippen molar-refractivity contribution in [1.29, 1.82) is 0 Å². The third-order valence-corrected chi connectivity index (χ3v) is 3.42. The lowest BCUT2D eigenvalue weighted by Crippen LogP contribution is -2.24. The number of hydrogen-bond acceptors (Lipinski definition) is 5. The number of anilines is 1. The van der Waals surface area contributed by atoms with Gasteiger partial charge in [0.25, 0.3) is 0 Å². The van der Waals surface area contributed by atoms with Gasteiger partial charge in [-0.25, -0.2) is 15.0 Å². The fourth-order valence-electron chi connectivity index (χ4n) is 2.08. The van der Waals surface area contributed by atoms with Crippen LogP contribution in [0.15, 0.2) is 18.5 Å². The minimum absolute atomic E-state index is 0.109. The molecule has 0 aromatic carbocycles. The Balaban J connectivity index is 2.32. The van der Waals surface area contributed by atoms with Gasteiger partial charge in [0.15, 0.2) is 0 Å². The topological polar surface area (TPSA) is 56.1 Å². The molecular formula is C16H25N5O. The summed E-state index contributed by atoms with van der Waals surface area (Å²) in [5, 5.41) is 0. The fourth-order valence-corrected chi connectivity index (χ4v) is 2.08. The number of hydrogen-bond donors (Lipinski definition) is 0. The third kappa shape index (κ3) is 3.82. The summed E-state index contributed by atoms with van der Waals surface area (Å²) in [6.45, 7) is 7.51. The van der Waals surface area contributed by atoms with Crippen molar-refractivity contribution in [3.63, 3.8) is 0 Å². The van der Waals surface area contributed by atoms with Crippen molar-refractivity contribution in [1.82, 2.24) is 19.5 Å². The van der Waals surface area contributed by atoms with Crippen LogP contribution >= 0.6 is 0 Å². The Kier molecular flexibility index (Phi) is 4.81. The van der Waals surface area contributed by atoms with E-state index in [0.29, 0.717) is 13.2 Å². The molecule has 0 spiro atoms. The second-order valence-corrected chi connectivity index (χ2v) is 6.53. The van der Waals surface area contributed by atoms with E-state index in [2.05, 4.69) is 35.6 Å². The van der Waals surface area contributed by atoms with Gasteiger partial charge in [-0.1, -0.05) is 20.8 Å². The van der Waals surface area contributed by atoms with Gasteiger partial charge in [0, 0.05) is 45.1 Å². The lowest BCUT2D eigenvalue weighted by Gasteiger charge is -2.23. The van der Waals surface area contributed by atoms with Crippen LogP contribution in [-0.2, 0) is 30.4 Å². The summed E-state index contributed by atoms with van der Waals surface area (Å²) >= 11 is 0. The molecule has 0 atom stereocenters. The van der Waals surface area contributed by atoms with Gasteiger partial charge in [-0.3, -0.25) is 0 Å². The summed E-state index contributed by atoms with van der Waals surface area (Å²) in [6.07, 6.45) is 3.75. The molecule has 6 nitrogen and oxygen atoms in total. The highest BCUT2D eigenvalue weighted by atomic mass is 16.5. The molecular weight excluding hydrogens is 278 g/mol. The van der Waals surface area contributed by atoms with Crippen molar-refractivity contribution in [2.45, 2.75) is 39.3 Å². The number of methoxy groups -OCH3 is 1. The number of rotatable bonds is 5. The van der Waals surface area contributed by atoms with Crippen molar-refractivity contribution in [3.05, 3.63) is 35.8 Å². The van der Waals surface area contributed by atoms with Crippen molar-refractivity contribution < 1.29 is 4.74 Å². The summed E-state index contributed by atoms with van der Waals surface area (Å²) in [6, 6.07) is 1.97. The predicted molar refractivity (Wildman–Crippen MR) is 86.8 cm³/mol. The smallest absolute Gasteiger partial charge is 0.136 e. The summed E-state index contributed by atoms with van der Waals surface area (Å²) < 4.78 is 7.24. The molecule has 22 heavy (non-hydrogen) atoms. The van der Waals surface area contributed by atoms with E-state index in [9.17, 15) is 0 Å². The standard InChI is InChI=1S/C16H25N5O/c1-16(2,3)15-18-12(11-22-6)9-13(19-15)21(5)10-14-17-7-8-20(14)4/h7-9H,10-11H2,1-6H3. The van der Waals surface area contributed by atoms with Gasteiger partial charge in [-0.05, 0) is 0 Å². The summed E-state index contributed by atoms with van der Waals surface area (Å²) in [5.41, 5.74) is 0.784. The zero-order valence-corrected chi connectivity index (χ0v) is 14.3. The maximum Gasteiger partial charge on any atom is 0.136 e. The van der Waals surface area contributed by atoms with Gasteiger partial charge >= 0.3 is 0 Å². The lowest BCUT2D eigenvalue weighted by molar-refractivity contribution is 0.181. The van der Waals surface area contributed by atoms with Crippen LogP contribution < -0.4 is 4.90 Å². The molecule has 0 aliphatic carbocycles. The van der Waals surface area contributed by atoms with Crippen LogP contribution in [0.4, 0.5) is 5.82 Å². The molecule has 0 amide bonds. The van der Waals surface area contributed by atoms with Crippen LogP contribution in [0.3, 0.4) is 0 Å². The molecule has 2 aromatic heterocycles. The fraction of sp³-hybridized carbons (Fsp3) is 0.562. The molecule has 0 aliphatic heterocycles. The van der Waals surface area contributed by atoms with Crippen LogP contribution in [-0.4, -0.2) is 33.7 Å². The molecule has 2 aromatic rings. The molecule has 0 bridgehead atoms. The Bertz CT molecular complexity index is 630. The normalized spacial score (nSPS) is 11.7. The molecule has 120 valence electrons. The summed E-state index contributed by atoms with van der Waals surface area (Å²) in [7, 11) is 5.68. The lowest BCUT2D eigenvalue weighted by atomic mass is 9.95. The summed E-state index contributed by atoms with van der Waals surface area (Å²) in [4.78, 5) is 15.8. The molecule has 0 aliphatic rings. The minimum atomic E-state index is -0.109. The predicted octanol–water partition coefficient (Wildman–Crippen LogP) is 2.29. The first-order valence-corrected chi connectivity index (χ1v) is 7.36. The molecule has 0 fully saturated rings. The van der Waals surface area contributed by atoms with E-state index < -0.39 is 0 Å². The Morgan fingerprint density at radius 3 is 2.55 bits per heavy atom. The van der Waals surface area contributed by atoms with Crippen molar-refractivity contribution >= 4 is 5.82 Å². The molecule has 0 N–H and O–H groups in total. The molecule has 0 radical (unpaired) electrons. The highest BCUT2D eigenvalue weighted by Gasteiger charge is 2.20. The van der Waals surface area contributed by atoms with Crippen molar-refractivity contribution in [2.24, 2.45) is 7.05 Å². The van der Waals surface area contributed by atoms with Gasteiger partial charge in [-0.2, -0.15) is 0 Å². The first-order chi connectivity index (χ1) is 10.3. The molecule has 6 heteroatoms. The largest absolute Gasteiger partial charge is 0.378 e. The molecule has 2 rings (SSSR count). The van der Waals surface area contributed by atoms with Gasteiger partial charge in [0.1, 0.15) is 17.5 Å². The Morgan fingerprint density at radius 2 is 2.00 bits per heavy atom. The Morgan fingerprint density at radius 1 is 1.27 bits per heavy atom. The number of imidazole rings is 1.